The number of ether oxygens (including phenoxy) is 2. The van der Waals surface area contributed by atoms with Crippen molar-refractivity contribution >= 4 is 5.69 Å². The standard InChI is InChI=1S/C15H26N2O2/c1-11(10-16)6-7-17(3)13-9-14(18-4)12(2)8-15(13)19-5/h8-9,11H,6-7,10,16H2,1-5H3. The number of benzene rings is 1. The van der Waals surface area contributed by atoms with Gasteiger partial charge in [-0.25, -0.2) is 0 Å². The summed E-state index contributed by atoms with van der Waals surface area (Å²) in [5.41, 5.74) is 7.78. The molecule has 108 valence electrons. The Labute approximate surface area is 116 Å². The fourth-order valence-electron chi connectivity index (χ4n) is 1.98. The second-order valence-corrected chi connectivity index (χ2v) is 5.04. The van der Waals surface area contributed by atoms with Crippen LogP contribution in [0.2, 0.25) is 0 Å². The van der Waals surface area contributed by atoms with Crippen molar-refractivity contribution in [1.82, 2.24) is 0 Å². The van der Waals surface area contributed by atoms with Gasteiger partial charge < -0.3 is 20.1 Å². The second-order valence-electron chi connectivity index (χ2n) is 5.04. The van der Waals surface area contributed by atoms with E-state index in [9.17, 15) is 0 Å². The Morgan fingerprint density at radius 1 is 1.21 bits per heavy atom. The summed E-state index contributed by atoms with van der Waals surface area (Å²) in [7, 11) is 5.45. The maximum Gasteiger partial charge on any atom is 0.142 e. The number of methoxy groups -OCH3 is 2. The van der Waals surface area contributed by atoms with Crippen LogP contribution in [-0.2, 0) is 0 Å². The van der Waals surface area contributed by atoms with E-state index in [1.807, 2.05) is 19.1 Å². The lowest BCUT2D eigenvalue weighted by Crippen LogP contribution is -2.23. The van der Waals surface area contributed by atoms with Crippen LogP contribution in [0.15, 0.2) is 12.1 Å². The molecule has 0 radical (unpaired) electrons. The Balaban J connectivity index is 2.90. The highest BCUT2D eigenvalue weighted by molar-refractivity contribution is 5.63. The summed E-state index contributed by atoms with van der Waals surface area (Å²) in [5, 5.41) is 0. The Morgan fingerprint density at radius 3 is 2.37 bits per heavy atom. The molecule has 0 saturated heterocycles. The number of hydrogen-bond donors (Lipinski definition) is 1. The van der Waals surface area contributed by atoms with Crippen molar-refractivity contribution in [2.75, 3.05) is 39.3 Å². The third-order valence-electron chi connectivity index (χ3n) is 3.47. The minimum absolute atomic E-state index is 0.529. The van der Waals surface area contributed by atoms with Crippen molar-refractivity contribution in [2.45, 2.75) is 20.3 Å². The molecule has 0 saturated carbocycles. The number of hydrogen-bond acceptors (Lipinski definition) is 4. The zero-order chi connectivity index (χ0) is 14.4. The molecule has 0 aliphatic rings. The number of anilines is 1. The molecule has 0 aliphatic heterocycles. The normalized spacial score (nSPS) is 12.1. The van der Waals surface area contributed by atoms with Crippen LogP contribution >= 0.6 is 0 Å². The SMILES string of the molecule is COc1cc(N(C)CCC(C)CN)c(OC)cc1C. The zero-order valence-electron chi connectivity index (χ0n) is 12.7. The Bertz CT molecular complexity index is 407. The summed E-state index contributed by atoms with van der Waals surface area (Å²) in [4.78, 5) is 2.19. The van der Waals surface area contributed by atoms with Crippen LogP contribution in [0.3, 0.4) is 0 Å². The van der Waals surface area contributed by atoms with Crippen LogP contribution in [0, 0.1) is 12.8 Å². The van der Waals surface area contributed by atoms with E-state index in [4.69, 9.17) is 15.2 Å². The minimum atomic E-state index is 0.529. The van der Waals surface area contributed by atoms with E-state index in [2.05, 4.69) is 18.9 Å². The van der Waals surface area contributed by atoms with Gasteiger partial charge in [0.25, 0.3) is 0 Å². The molecule has 1 rings (SSSR count). The third kappa shape index (κ3) is 4.03. The molecular formula is C15H26N2O2. The van der Waals surface area contributed by atoms with Crippen molar-refractivity contribution in [1.29, 1.82) is 0 Å². The molecule has 1 aromatic carbocycles. The number of nitrogens with zero attached hydrogens (tertiary/aromatic N) is 1. The Morgan fingerprint density at radius 2 is 1.84 bits per heavy atom. The molecular weight excluding hydrogens is 240 g/mol. The predicted molar refractivity (Wildman–Crippen MR) is 80.4 cm³/mol. The van der Waals surface area contributed by atoms with Crippen molar-refractivity contribution in [3.63, 3.8) is 0 Å². The number of aryl methyl sites for hydroxylation is 1. The molecule has 0 bridgehead atoms. The van der Waals surface area contributed by atoms with Gasteiger partial charge in [0.1, 0.15) is 11.5 Å². The molecule has 1 unspecified atom stereocenters. The monoisotopic (exact) mass is 266 g/mol. The third-order valence-corrected chi connectivity index (χ3v) is 3.47. The van der Waals surface area contributed by atoms with Crippen LogP contribution < -0.4 is 20.1 Å². The first-order valence-corrected chi connectivity index (χ1v) is 6.67. The molecule has 0 spiro atoms. The maximum atomic E-state index is 5.66. The number of rotatable bonds is 7. The van der Waals surface area contributed by atoms with Gasteiger partial charge in [-0.05, 0) is 37.4 Å². The first-order valence-electron chi connectivity index (χ1n) is 6.67. The Kier molecular flexibility index (Phi) is 5.96. The van der Waals surface area contributed by atoms with Gasteiger partial charge >= 0.3 is 0 Å². The van der Waals surface area contributed by atoms with Gasteiger partial charge in [0.2, 0.25) is 0 Å². The predicted octanol–water partition coefficient (Wildman–Crippen LogP) is 2.43. The van der Waals surface area contributed by atoms with Gasteiger partial charge in [-0.2, -0.15) is 0 Å². The molecule has 0 amide bonds. The molecule has 4 nitrogen and oxygen atoms in total. The quantitative estimate of drug-likeness (QED) is 0.823. The molecule has 1 aromatic rings. The zero-order valence-corrected chi connectivity index (χ0v) is 12.7. The fourth-order valence-corrected chi connectivity index (χ4v) is 1.98. The highest BCUT2D eigenvalue weighted by Crippen LogP contribution is 2.34. The summed E-state index contributed by atoms with van der Waals surface area (Å²) >= 11 is 0. The highest BCUT2D eigenvalue weighted by Gasteiger charge is 2.13. The number of nitrogens with two attached hydrogens (primary N) is 1. The summed E-state index contributed by atoms with van der Waals surface area (Å²) < 4.78 is 10.8. The lowest BCUT2D eigenvalue weighted by atomic mass is 10.1. The van der Waals surface area contributed by atoms with E-state index >= 15 is 0 Å². The van der Waals surface area contributed by atoms with Gasteiger partial charge in [-0.15, -0.1) is 0 Å². The molecule has 2 N–H and O–H groups in total. The lowest BCUT2D eigenvalue weighted by molar-refractivity contribution is 0.400. The van der Waals surface area contributed by atoms with Gasteiger partial charge in [0.15, 0.2) is 0 Å². The van der Waals surface area contributed by atoms with E-state index in [1.54, 1.807) is 14.2 Å². The van der Waals surface area contributed by atoms with Crippen molar-refractivity contribution in [3.8, 4) is 11.5 Å². The average molecular weight is 266 g/mol. The molecule has 0 aliphatic carbocycles. The van der Waals surface area contributed by atoms with Crippen LogP contribution in [0.4, 0.5) is 5.69 Å². The van der Waals surface area contributed by atoms with Gasteiger partial charge in [-0.3, -0.25) is 0 Å². The van der Waals surface area contributed by atoms with Crippen LogP contribution in [0.25, 0.3) is 0 Å². The minimum Gasteiger partial charge on any atom is -0.496 e. The smallest absolute Gasteiger partial charge is 0.142 e. The topological polar surface area (TPSA) is 47.7 Å². The molecule has 0 aromatic heterocycles. The van der Waals surface area contributed by atoms with Crippen LogP contribution in [-0.4, -0.2) is 34.4 Å². The first-order chi connectivity index (χ1) is 9.03. The maximum absolute atomic E-state index is 5.66. The lowest BCUT2D eigenvalue weighted by Gasteiger charge is -2.24. The van der Waals surface area contributed by atoms with E-state index < -0.39 is 0 Å². The van der Waals surface area contributed by atoms with Gasteiger partial charge in [0.05, 0.1) is 19.9 Å². The van der Waals surface area contributed by atoms with Crippen molar-refractivity contribution in [3.05, 3.63) is 17.7 Å². The molecule has 19 heavy (non-hydrogen) atoms. The fraction of sp³-hybridized carbons (Fsp3) is 0.600. The largest absolute Gasteiger partial charge is 0.496 e. The van der Waals surface area contributed by atoms with Gasteiger partial charge in [-0.1, -0.05) is 6.92 Å². The van der Waals surface area contributed by atoms with Crippen LogP contribution in [0.1, 0.15) is 18.9 Å². The molecule has 4 heteroatoms. The highest BCUT2D eigenvalue weighted by atomic mass is 16.5. The van der Waals surface area contributed by atoms with E-state index in [-0.39, 0.29) is 0 Å². The van der Waals surface area contributed by atoms with Gasteiger partial charge in [0, 0.05) is 19.7 Å². The molecule has 1 atom stereocenters. The van der Waals surface area contributed by atoms with Crippen LogP contribution in [0.5, 0.6) is 11.5 Å². The first kappa shape index (κ1) is 15.6. The summed E-state index contributed by atoms with van der Waals surface area (Å²) in [5.74, 6) is 2.29. The Hall–Kier alpha value is -1.42. The second kappa shape index (κ2) is 7.24. The summed E-state index contributed by atoms with van der Waals surface area (Å²) in [6.07, 6.45) is 1.06. The summed E-state index contributed by atoms with van der Waals surface area (Å²) in [6.45, 7) is 5.85. The summed E-state index contributed by atoms with van der Waals surface area (Å²) in [6, 6.07) is 4.04. The van der Waals surface area contributed by atoms with E-state index in [0.29, 0.717) is 5.92 Å². The van der Waals surface area contributed by atoms with Crippen molar-refractivity contribution < 1.29 is 9.47 Å². The molecule has 0 fully saturated rings. The van der Waals surface area contributed by atoms with E-state index in [1.165, 1.54) is 0 Å². The average Bonchev–Trinajstić information content (AvgIpc) is 2.43. The van der Waals surface area contributed by atoms with Crippen molar-refractivity contribution in [2.24, 2.45) is 11.7 Å². The van der Waals surface area contributed by atoms with E-state index in [0.717, 1.165) is 42.3 Å². The molecule has 0 heterocycles.